The van der Waals surface area contributed by atoms with Crippen molar-refractivity contribution in [2.75, 3.05) is 14.2 Å². The van der Waals surface area contributed by atoms with Gasteiger partial charge in [0, 0.05) is 17.2 Å². The van der Waals surface area contributed by atoms with E-state index in [1.807, 2.05) is 0 Å². The number of halogens is 1. The van der Waals surface area contributed by atoms with E-state index < -0.39 is 6.04 Å². The maximum Gasteiger partial charge on any atom is 0.252 e. The van der Waals surface area contributed by atoms with E-state index in [0.29, 0.717) is 28.5 Å². The third-order valence-electron chi connectivity index (χ3n) is 3.88. The van der Waals surface area contributed by atoms with Crippen molar-refractivity contribution in [3.8, 4) is 22.9 Å². The van der Waals surface area contributed by atoms with Crippen molar-refractivity contribution < 1.29 is 23.2 Å². The summed E-state index contributed by atoms with van der Waals surface area (Å²) >= 11 is 0. The van der Waals surface area contributed by atoms with Crippen LogP contribution in [0.2, 0.25) is 0 Å². The molecule has 1 atom stereocenters. The number of aromatic nitrogens is 2. The van der Waals surface area contributed by atoms with Crippen LogP contribution in [-0.2, 0) is 0 Å². The first-order valence-corrected chi connectivity index (χ1v) is 8.13. The molecule has 0 saturated carbocycles. The summed E-state index contributed by atoms with van der Waals surface area (Å²) in [5.41, 5.74) is 0.985. The van der Waals surface area contributed by atoms with Crippen LogP contribution >= 0.6 is 0 Å². The molecule has 0 bridgehead atoms. The van der Waals surface area contributed by atoms with Crippen LogP contribution in [0.1, 0.15) is 29.2 Å². The smallest absolute Gasteiger partial charge is 0.252 e. The zero-order valence-corrected chi connectivity index (χ0v) is 15.0. The molecule has 3 rings (SSSR count). The van der Waals surface area contributed by atoms with Crippen molar-refractivity contribution >= 4 is 5.91 Å². The van der Waals surface area contributed by atoms with Crippen LogP contribution in [0.3, 0.4) is 0 Å². The van der Waals surface area contributed by atoms with Crippen LogP contribution in [0.15, 0.2) is 47.0 Å². The van der Waals surface area contributed by atoms with Crippen molar-refractivity contribution in [3.05, 3.63) is 59.7 Å². The number of amides is 1. The van der Waals surface area contributed by atoms with E-state index in [1.54, 1.807) is 37.3 Å². The van der Waals surface area contributed by atoms with Gasteiger partial charge in [0.2, 0.25) is 11.7 Å². The number of ether oxygens (including phenoxy) is 2. The maximum absolute atomic E-state index is 13.0. The molecule has 1 aromatic heterocycles. The molecule has 1 N–H and O–H groups in total. The highest BCUT2D eigenvalue weighted by atomic mass is 19.1. The van der Waals surface area contributed by atoms with Crippen LogP contribution in [-0.4, -0.2) is 30.3 Å². The molecule has 0 spiro atoms. The van der Waals surface area contributed by atoms with Gasteiger partial charge in [-0.2, -0.15) is 4.98 Å². The van der Waals surface area contributed by atoms with Gasteiger partial charge in [-0.05, 0) is 43.3 Å². The summed E-state index contributed by atoms with van der Waals surface area (Å²) in [4.78, 5) is 16.8. The lowest BCUT2D eigenvalue weighted by Crippen LogP contribution is -2.26. The molecule has 0 saturated heterocycles. The lowest BCUT2D eigenvalue weighted by molar-refractivity contribution is 0.0932. The second kappa shape index (κ2) is 7.86. The summed E-state index contributed by atoms with van der Waals surface area (Å²) in [6, 6.07) is 10.1. The quantitative estimate of drug-likeness (QED) is 0.715. The molecule has 1 amide bonds. The first-order chi connectivity index (χ1) is 13.0. The molecule has 140 valence electrons. The van der Waals surface area contributed by atoms with Crippen molar-refractivity contribution in [1.82, 2.24) is 15.5 Å². The van der Waals surface area contributed by atoms with Crippen molar-refractivity contribution in [2.45, 2.75) is 13.0 Å². The Morgan fingerprint density at radius 3 is 2.33 bits per heavy atom. The topological polar surface area (TPSA) is 86.5 Å². The average Bonchev–Trinajstić information content (AvgIpc) is 3.18. The molecule has 0 radical (unpaired) electrons. The molecule has 27 heavy (non-hydrogen) atoms. The van der Waals surface area contributed by atoms with E-state index in [9.17, 15) is 9.18 Å². The average molecular weight is 371 g/mol. The minimum absolute atomic E-state index is 0.234. The standard InChI is InChI=1S/C19H18FN3O4/c1-11(19-22-17(23-27-19)12-4-6-14(20)7-5-12)21-18(24)13-8-15(25-2)10-16(9-13)26-3/h4-11H,1-3H3,(H,21,24)/t11-/m0/s1. The molecule has 2 aromatic carbocycles. The Kier molecular flexibility index (Phi) is 5.35. The predicted molar refractivity (Wildman–Crippen MR) is 95.1 cm³/mol. The summed E-state index contributed by atoms with van der Waals surface area (Å²) in [5.74, 6) is 0.858. The summed E-state index contributed by atoms with van der Waals surface area (Å²) in [5, 5.41) is 6.65. The molecule has 0 aliphatic carbocycles. The third kappa shape index (κ3) is 4.22. The fourth-order valence-electron chi connectivity index (χ4n) is 2.41. The Bertz CT molecular complexity index is 918. The Labute approximate surface area is 155 Å². The minimum atomic E-state index is -0.531. The van der Waals surface area contributed by atoms with Crippen LogP contribution in [0.4, 0.5) is 4.39 Å². The van der Waals surface area contributed by atoms with Gasteiger partial charge in [-0.15, -0.1) is 0 Å². The van der Waals surface area contributed by atoms with Gasteiger partial charge in [-0.25, -0.2) is 4.39 Å². The number of carbonyl (C=O) groups is 1. The number of hydrogen-bond acceptors (Lipinski definition) is 6. The van der Waals surface area contributed by atoms with Gasteiger partial charge in [-0.3, -0.25) is 4.79 Å². The Morgan fingerprint density at radius 1 is 1.11 bits per heavy atom. The molecule has 7 nitrogen and oxygen atoms in total. The van der Waals surface area contributed by atoms with E-state index in [2.05, 4.69) is 15.5 Å². The number of nitrogens with one attached hydrogen (secondary N) is 1. The molecule has 8 heteroatoms. The molecule has 0 fully saturated rings. The first-order valence-electron chi connectivity index (χ1n) is 8.13. The second-order valence-electron chi connectivity index (χ2n) is 5.76. The zero-order chi connectivity index (χ0) is 19.4. The lowest BCUT2D eigenvalue weighted by atomic mass is 10.1. The second-order valence-corrected chi connectivity index (χ2v) is 5.76. The first kappa shape index (κ1) is 18.4. The minimum Gasteiger partial charge on any atom is -0.497 e. The molecular weight excluding hydrogens is 353 g/mol. The Morgan fingerprint density at radius 2 is 1.74 bits per heavy atom. The molecular formula is C19H18FN3O4. The number of carbonyl (C=O) groups excluding carboxylic acids is 1. The number of methoxy groups -OCH3 is 2. The normalized spacial score (nSPS) is 11.7. The Balaban J connectivity index is 1.74. The summed E-state index contributed by atoms with van der Waals surface area (Å²) in [7, 11) is 3.02. The molecule has 0 aliphatic heterocycles. The van der Waals surface area contributed by atoms with Gasteiger partial charge < -0.3 is 19.3 Å². The van der Waals surface area contributed by atoms with Gasteiger partial charge in [0.15, 0.2) is 0 Å². The summed E-state index contributed by atoms with van der Waals surface area (Å²) in [6.07, 6.45) is 0. The van der Waals surface area contributed by atoms with Crippen LogP contribution < -0.4 is 14.8 Å². The van der Waals surface area contributed by atoms with Gasteiger partial charge in [0.05, 0.1) is 14.2 Å². The largest absolute Gasteiger partial charge is 0.497 e. The van der Waals surface area contributed by atoms with Gasteiger partial charge in [0.25, 0.3) is 5.91 Å². The van der Waals surface area contributed by atoms with Crippen molar-refractivity contribution in [2.24, 2.45) is 0 Å². The van der Waals surface area contributed by atoms with E-state index in [0.717, 1.165) is 0 Å². The third-order valence-corrected chi connectivity index (χ3v) is 3.88. The van der Waals surface area contributed by atoms with E-state index in [4.69, 9.17) is 14.0 Å². The fourth-order valence-corrected chi connectivity index (χ4v) is 2.41. The van der Waals surface area contributed by atoms with Crippen LogP contribution in [0, 0.1) is 5.82 Å². The summed E-state index contributed by atoms with van der Waals surface area (Å²) in [6.45, 7) is 1.72. The molecule has 1 heterocycles. The van der Waals surface area contributed by atoms with Crippen LogP contribution in [0.25, 0.3) is 11.4 Å². The SMILES string of the molecule is COc1cc(OC)cc(C(=O)N[C@@H](C)c2nc(-c3ccc(F)cc3)no2)c1. The highest BCUT2D eigenvalue weighted by Crippen LogP contribution is 2.23. The zero-order valence-electron chi connectivity index (χ0n) is 15.0. The lowest BCUT2D eigenvalue weighted by Gasteiger charge is -2.12. The number of nitrogens with zero attached hydrogens (tertiary/aromatic N) is 2. The fraction of sp³-hybridized carbons (Fsp3) is 0.211. The molecule has 0 aliphatic rings. The maximum atomic E-state index is 13.0. The Hall–Kier alpha value is -3.42. The predicted octanol–water partition coefficient (Wildman–Crippen LogP) is 3.38. The van der Waals surface area contributed by atoms with E-state index in [1.165, 1.54) is 26.4 Å². The van der Waals surface area contributed by atoms with Crippen molar-refractivity contribution in [1.29, 1.82) is 0 Å². The van der Waals surface area contributed by atoms with Gasteiger partial charge in [-0.1, -0.05) is 5.16 Å². The monoisotopic (exact) mass is 371 g/mol. The number of hydrogen-bond donors (Lipinski definition) is 1. The van der Waals surface area contributed by atoms with Crippen molar-refractivity contribution in [3.63, 3.8) is 0 Å². The molecule has 3 aromatic rings. The highest BCUT2D eigenvalue weighted by Gasteiger charge is 2.19. The molecule has 0 unspecified atom stereocenters. The van der Waals surface area contributed by atoms with E-state index in [-0.39, 0.29) is 17.6 Å². The number of rotatable bonds is 6. The highest BCUT2D eigenvalue weighted by molar-refractivity contribution is 5.95. The summed E-state index contributed by atoms with van der Waals surface area (Å²) < 4.78 is 28.6. The number of benzene rings is 2. The van der Waals surface area contributed by atoms with E-state index >= 15 is 0 Å². The van der Waals surface area contributed by atoms with Crippen LogP contribution in [0.5, 0.6) is 11.5 Å². The van der Waals surface area contributed by atoms with Gasteiger partial charge in [0.1, 0.15) is 23.4 Å². The van der Waals surface area contributed by atoms with Gasteiger partial charge >= 0.3 is 0 Å².